The SMILES string of the molecule is CN(CCCNC(=O)CN1C(=O)/C(=C/c2ccccc2F)SC2CCCCC21)c1ccccc1. The normalized spacial score (nSPS) is 21.3. The van der Waals surface area contributed by atoms with Crippen LogP contribution in [0.5, 0.6) is 0 Å². The first-order chi connectivity index (χ1) is 16.5. The molecule has 1 saturated carbocycles. The summed E-state index contributed by atoms with van der Waals surface area (Å²) >= 11 is 1.55. The first kappa shape index (κ1) is 24.3. The van der Waals surface area contributed by atoms with E-state index in [1.165, 1.54) is 6.07 Å². The molecule has 2 aliphatic rings. The number of hydrogen-bond donors (Lipinski definition) is 1. The molecule has 180 valence electrons. The van der Waals surface area contributed by atoms with Crippen LogP contribution >= 0.6 is 11.8 Å². The molecule has 7 heteroatoms. The van der Waals surface area contributed by atoms with E-state index in [1.54, 1.807) is 40.9 Å². The van der Waals surface area contributed by atoms with Gasteiger partial charge in [0, 0.05) is 42.7 Å². The number of fused-ring (bicyclic) bond motifs is 1. The number of carbonyl (C=O) groups excluding carboxylic acids is 2. The van der Waals surface area contributed by atoms with E-state index in [0.29, 0.717) is 17.0 Å². The van der Waals surface area contributed by atoms with Crippen LogP contribution in [0.3, 0.4) is 0 Å². The van der Waals surface area contributed by atoms with Crippen molar-refractivity contribution in [3.63, 3.8) is 0 Å². The van der Waals surface area contributed by atoms with Crippen molar-refractivity contribution < 1.29 is 14.0 Å². The van der Waals surface area contributed by atoms with E-state index in [4.69, 9.17) is 0 Å². The lowest BCUT2D eigenvalue weighted by Gasteiger charge is -2.43. The maximum Gasteiger partial charge on any atom is 0.261 e. The Morgan fingerprint density at radius 1 is 1.15 bits per heavy atom. The molecular formula is C27H32FN3O2S. The molecule has 4 rings (SSSR count). The minimum atomic E-state index is -0.348. The highest BCUT2D eigenvalue weighted by Crippen LogP contribution is 2.42. The van der Waals surface area contributed by atoms with Gasteiger partial charge in [-0.3, -0.25) is 9.59 Å². The Morgan fingerprint density at radius 2 is 1.88 bits per heavy atom. The number of nitrogens with zero attached hydrogens (tertiary/aromatic N) is 2. The Labute approximate surface area is 205 Å². The summed E-state index contributed by atoms with van der Waals surface area (Å²) in [6, 6.07) is 16.7. The van der Waals surface area contributed by atoms with Gasteiger partial charge in [-0.15, -0.1) is 11.8 Å². The summed E-state index contributed by atoms with van der Waals surface area (Å²) in [5.41, 5.74) is 1.54. The van der Waals surface area contributed by atoms with Crippen LogP contribution in [0.1, 0.15) is 37.7 Å². The number of thioether (sulfide) groups is 1. The van der Waals surface area contributed by atoms with E-state index < -0.39 is 0 Å². The maximum absolute atomic E-state index is 14.2. The fraction of sp³-hybridized carbons (Fsp3) is 0.407. The van der Waals surface area contributed by atoms with E-state index in [1.807, 2.05) is 25.2 Å². The molecule has 2 aromatic carbocycles. The highest BCUT2D eigenvalue weighted by molar-refractivity contribution is 8.04. The summed E-state index contributed by atoms with van der Waals surface area (Å²) < 4.78 is 14.2. The lowest BCUT2D eigenvalue weighted by molar-refractivity contribution is -0.135. The Kier molecular flexibility index (Phi) is 8.27. The van der Waals surface area contributed by atoms with Gasteiger partial charge in [0.1, 0.15) is 12.4 Å². The zero-order valence-electron chi connectivity index (χ0n) is 19.6. The smallest absolute Gasteiger partial charge is 0.261 e. The summed E-state index contributed by atoms with van der Waals surface area (Å²) in [5, 5.41) is 3.23. The summed E-state index contributed by atoms with van der Waals surface area (Å²) in [6.45, 7) is 1.42. The molecule has 34 heavy (non-hydrogen) atoms. The molecule has 2 atom stereocenters. The fourth-order valence-corrected chi connectivity index (χ4v) is 6.13. The molecule has 2 amide bonds. The van der Waals surface area contributed by atoms with E-state index in [9.17, 15) is 14.0 Å². The van der Waals surface area contributed by atoms with E-state index in [-0.39, 0.29) is 35.5 Å². The summed E-state index contributed by atoms with van der Waals surface area (Å²) in [4.78, 5) is 30.5. The monoisotopic (exact) mass is 481 g/mol. The number of anilines is 1. The van der Waals surface area contributed by atoms with Crippen molar-refractivity contribution in [3.05, 3.63) is 70.9 Å². The van der Waals surface area contributed by atoms with Crippen LogP contribution < -0.4 is 10.2 Å². The molecule has 2 unspecified atom stereocenters. The van der Waals surface area contributed by atoms with Gasteiger partial charge >= 0.3 is 0 Å². The molecule has 2 fully saturated rings. The van der Waals surface area contributed by atoms with Gasteiger partial charge in [0.2, 0.25) is 5.91 Å². The third-order valence-corrected chi connectivity index (χ3v) is 7.91. The second-order valence-corrected chi connectivity index (χ2v) is 10.2. The summed E-state index contributed by atoms with van der Waals surface area (Å²) in [6.07, 6.45) is 6.53. The zero-order valence-corrected chi connectivity index (χ0v) is 20.4. The number of hydrogen-bond acceptors (Lipinski definition) is 4. The Hall–Kier alpha value is -2.80. The van der Waals surface area contributed by atoms with Crippen molar-refractivity contribution in [1.82, 2.24) is 10.2 Å². The van der Waals surface area contributed by atoms with Gasteiger partial charge in [0.25, 0.3) is 5.91 Å². The zero-order chi connectivity index (χ0) is 23.9. The van der Waals surface area contributed by atoms with Gasteiger partial charge in [-0.2, -0.15) is 0 Å². The van der Waals surface area contributed by atoms with Crippen LogP contribution in [-0.4, -0.2) is 54.7 Å². The average Bonchev–Trinajstić information content (AvgIpc) is 2.86. The number of para-hydroxylation sites is 1. The molecule has 1 N–H and O–H groups in total. The van der Waals surface area contributed by atoms with Crippen LogP contribution in [0.25, 0.3) is 6.08 Å². The first-order valence-corrected chi connectivity index (χ1v) is 12.9. The number of amides is 2. The third kappa shape index (κ3) is 6.00. The molecule has 0 radical (unpaired) electrons. The minimum Gasteiger partial charge on any atom is -0.375 e. The molecule has 0 bridgehead atoms. The van der Waals surface area contributed by atoms with E-state index in [0.717, 1.165) is 44.3 Å². The molecule has 0 spiro atoms. The number of nitrogens with one attached hydrogen (secondary N) is 1. The molecule has 5 nitrogen and oxygen atoms in total. The second kappa shape index (κ2) is 11.6. The molecule has 2 aromatic rings. The summed E-state index contributed by atoms with van der Waals surface area (Å²) in [7, 11) is 2.04. The molecule has 0 aromatic heterocycles. The number of halogens is 1. The van der Waals surface area contributed by atoms with E-state index in [2.05, 4.69) is 22.3 Å². The van der Waals surface area contributed by atoms with Crippen molar-refractivity contribution in [2.45, 2.75) is 43.4 Å². The second-order valence-electron chi connectivity index (χ2n) is 8.93. The predicted octanol–water partition coefficient (Wildman–Crippen LogP) is 4.70. The topological polar surface area (TPSA) is 52.7 Å². The van der Waals surface area contributed by atoms with Gasteiger partial charge in [-0.05, 0) is 43.5 Å². The molecular weight excluding hydrogens is 449 g/mol. The largest absolute Gasteiger partial charge is 0.375 e. The number of benzene rings is 2. The average molecular weight is 482 g/mol. The van der Waals surface area contributed by atoms with Gasteiger partial charge in [-0.1, -0.05) is 49.2 Å². The predicted molar refractivity (Wildman–Crippen MR) is 137 cm³/mol. The molecule has 1 aliphatic heterocycles. The first-order valence-electron chi connectivity index (χ1n) is 12.0. The van der Waals surface area contributed by atoms with Crippen LogP contribution in [0.2, 0.25) is 0 Å². The van der Waals surface area contributed by atoms with Crippen molar-refractivity contribution >= 4 is 35.3 Å². The quantitative estimate of drug-likeness (QED) is 0.439. The highest BCUT2D eigenvalue weighted by atomic mass is 32.2. The lowest BCUT2D eigenvalue weighted by Crippen LogP contribution is -2.54. The van der Waals surface area contributed by atoms with Gasteiger partial charge in [0.15, 0.2) is 0 Å². The van der Waals surface area contributed by atoms with Gasteiger partial charge in [-0.25, -0.2) is 4.39 Å². The molecule has 1 saturated heterocycles. The van der Waals surface area contributed by atoms with Gasteiger partial charge < -0.3 is 15.1 Å². The van der Waals surface area contributed by atoms with Crippen LogP contribution in [0.15, 0.2) is 59.5 Å². The Bertz CT molecular complexity index is 1030. The number of rotatable bonds is 8. The standard InChI is InChI=1S/C27H32FN3O2S/c1-30(21-11-3-2-4-12-21)17-9-16-29-26(32)19-31-23-14-7-8-15-24(23)34-25(27(31)33)18-20-10-5-6-13-22(20)28/h2-6,10-13,18,23-24H,7-9,14-17,19H2,1H3,(H,29,32)/b25-18-. The Morgan fingerprint density at radius 3 is 2.68 bits per heavy atom. The van der Waals surface area contributed by atoms with Crippen LogP contribution in [0.4, 0.5) is 10.1 Å². The van der Waals surface area contributed by atoms with Gasteiger partial charge in [0.05, 0.1) is 4.91 Å². The number of carbonyl (C=O) groups is 2. The van der Waals surface area contributed by atoms with E-state index >= 15 is 0 Å². The van der Waals surface area contributed by atoms with Crippen molar-refractivity contribution in [2.75, 3.05) is 31.6 Å². The molecule has 1 heterocycles. The minimum absolute atomic E-state index is 0.0453. The maximum atomic E-state index is 14.2. The van der Waals surface area contributed by atoms with Crippen LogP contribution in [-0.2, 0) is 9.59 Å². The Balaban J connectivity index is 1.36. The third-order valence-electron chi connectivity index (χ3n) is 6.51. The lowest BCUT2D eigenvalue weighted by atomic mass is 9.93. The fourth-order valence-electron chi connectivity index (χ4n) is 4.66. The summed E-state index contributed by atoms with van der Waals surface area (Å²) in [5.74, 6) is -0.661. The van der Waals surface area contributed by atoms with Crippen molar-refractivity contribution in [3.8, 4) is 0 Å². The van der Waals surface area contributed by atoms with Crippen molar-refractivity contribution in [2.24, 2.45) is 0 Å². The molecule has 1 aliphatic carbocycles. The van der Waals surface area contributed by atoms with Crippen molar-refractivity contribution in [1.29, 1.82) is 0 Å². The van der Waals surface area contributed by atoms with Crippen LogP contribution in [0, 0.1) is 5.82 Å². The highest BCUT2D eigenvalue weighted by Gasteiger charge is 2.41.